The van der Waals surface area contributed by atoms with Gasteiger partial charge in [-0.1, -0.05) is 18.2 Å². The summed E-state index contributed by atoms with van der Waals surface area (Å²) in [6.07, 6.45) is 2.08. The van der Waals surface area contributed by atoms with Gasteiger partial charge in [-0.2, -0.15) is 0 Å². The molecule has 0 saturated heterocycles. The number of hydrogen-bond acceptors (Lipinski definition) is 3. The first-order chi connectivity index (χ1) is 5.35. The second kappa shape index (κ2) is 7.48. The second-order valence-electron chi connectivity index (χ2n) is 1.62. The molecule has 0 unspecified atom stereocenters. The van der Waals surface area contributed by atoms with Gasteiger partial charge < -0.3 is 0 Å². The van der Waals surface area contributed by atoms with E-state index in [0.29, 0.717) is 0 Å². The van der Waals surface area contributed by atoms with Crippen LogP contribution in [0, 0.1) is 5.41 Å². The van der Waals surface area contributed by atoms with Crippen LogP contribution in [0.4, 0.5) is 0 Å². The number of thiocarbonyl (C=S) groups is 1. The lowest BCUT2D eigenvalue weighted by atomic mass is 10.4. The molecule has 0 bridgehead atoms. The van der Waals surface area contributed by atoms with E-state index in [1.165, 1.54) is 4.90 Å². The van der Waals surface area contributed by atoms with Crippen molar-refractivity contribution in [1.82, 2.24) is 0 Å². The Morgan fingerprint density at radius 3 is 2.09 bits per heavy atom. The van der Waals surface area contributed by atoms with Crippen LogP contribution in [0.1, 0.15) is 0 Å². The fourth-order valence-electron chi connectivity index (χ4n) is 0.557. The molecule has 0 aliphatic rings. The molecule has 0 amide bonds. The maximum Gasteiger partial charge on any atom is 0.0554 e. The van der Waals surface area contributed by atoms with Crippen molar-refractivity contribution in [3.05, 3.63) is 30.3 Å². The van der Waals surface area contributed by atoms with E-state index in [0.717, 1.165) is 0 Å². The lowest BCUT2D eigenvalue weighted by Gasteiger charge is -1.89. The van der Waals surface area contributed by atoms with Crippen LogP contribution in [0.25, 0.3) is 0 Å². The molecule has 1 nitrogen and oxygen atoms in total. The first-order valence-corrected chi connectivity index (χ1v) is 4.61. The zero-order chi connectivity index (χ0) is 8.53. The minimum Gasteiger partial charge on any atom is -0.248 e. The molecule has 0 saturated carbocycles. The number of hydrogen-bond donors (Lipinski definition) is 1. The number of nitrogens with one attached hydrogen (secondary N) is 1. The summed E-state index contributed by atoms with van der Waals surface area (Å²) in [4.78, 5) is 1.33. The van der Waals surface area contributed by atoms with Gasteiger partial charge in [0.1, 0.15) is 0 Å². The van der Waals surface area contributed by atoms with Crippen molar-refractivity contribution in [2.45, 2.75) is 4.90 Å². The fraction of sp³-hybridized carbons (Fsp3) is 0.125. The molecule has 11 heavy (non-hydrogen) atoms. The van der Waals surface area contributed by atoms with Gasteiger partial charge in [0, 0.05) is 4.90 Å². The van der Waals surface area contributed by atoms with Crippen LogP contribution in [0.2, 0.25) is 0 Å². The topological polar surface area (TPSA) is 23.9 Å². The normalized spacial score (nSPS) is 7.36. The van der Waals surface area contributed by atoms with E-state index in [2.05, 4.69) is 30.6 Å². The van der Waals surface area contributed by atoms with Crippen LogP contribution in [-0.2, 0) is 0 Å². The van der Waals surface area contributed by atoms with Gasteiger partial charge in [0.15, 0.2) is 0 Å². The van der Waals surface area contributed by atoms with Gasteiger partial charge >= 0.3 is 0 Å². The van der Waals surface area contributed by atoms with Gasteiger partial charge in [-0.05, 0) is 30.6 Å². The molecular formula is C8H9NS2. The molecule has 0 atom stereocenters. The Balaban J connectivity index is 0.000000292. The highest BCUT2D eigenvalue weighted by Gasteiger charge is 1.80. The Hall–Kier alpha value is -0.630. The van der Waals surface area contributed by atoms with Crippen LogP contribution >= 0.6 is 24.0 Å². The molecule has 0 fully saturated rings. The minimum atomic E-state index is 1.33. The Kier molecular flexibility index (Phi) is 7.05. The minimum absolute atomic E-state index is 1.33. The van der Waals surface area contributed by atoms with Crippen LogP contribution in [0.5, 0.6) is 0 Å². The maximum absolute atomic E-state index is 5.77. The molecule has 1 N–H and O–H groups in total. The standard InChI is InChI=1S/C7H8S.CHNS/c1-8-7-5-3-2-4-6-7;2-1-3/h2-6H,1H3;2H. The molecule has 0 aliphatic carbocycles. The van der Waals surface area contributed by atoms with E-state index in [-0.39, 0.29) is 0 Å². The Bertz CT molecular complexity index is 215. The van der Waals surface area contributed by atoms with Gasteiger partial charge in [0.25, 0.3) is 0 Å². The summed E-state index contributed by atoms with van der Waals surface area (Å²) in [5, 5.41) is 7.36. The van der Waals surface area contributed by atoms with Gasteiger partial charge in [0.2, 0.25) is 0 Å². The third kappa shape index (κ3) is 5.80. The first-order valence-electron chi connectivity index (χ1n) is 2.98. The first kappa shape index (κ1) is 10.4. The van der Waals surface area contributed by atoms with Crippen LogP contribution < -0.4 is 0 Å². The predicted molar refractivity (Wildman–Crippen MR) is 53.5 cm³/mol. The molecule has 0 spiro atoms. The zero-order valence-corrected chi connectivity index (χ0v) is 7.84. The SMILES string of the molecule is CSc1ccccc1.N=C=S. The quantitative estimate of drug-likeness (QED) is 0.411. The summed E-state index contributed by atoms with van der Waals surface area (Å²) < 4.78 is 0. The van der Waals surface area contributed by atoms with Gasteiger partial charge in [0.05, 0.1) is 5.16 Å². The molecule has 58 valence electrons. The van der Waals surface area contributed by atoms with Crippen molar-refractivity contribution in [3.8, 4) is 0 Å². The van der Waals surface area contributed by atoms with Crippen molar-refractivity contribution < 1.29 is 0 Å². The molecule has 1 aromatic rings. The second-order valence-corrected chi connectivity index (χ2v) is 2.70. The molecule has 0 radical (unpaired) electrons. The van der Waals surface area contributed by atoms with Crippen molar-refractivity contribution in [1.29, 1.82) is 5.41 Å². The molecule has 0 aromatic heterocycles. The third-order valence-corrected chi connectivity index (χ3v) is 1.72. The third-order valence-electron chi connectivity index (χ3n) is 0.979. The lowest BCUT2D eigenvalue weighted by Crippen LogP contribution is -1.62. The molecule has 1 rings (SSSR count). The van der Waals surface area contributed by atoms with Crippen molar-refractivity contribution in [2.24, 2.45) is 0 Å². The summed E-state index contributed by atoms with van der Waals surface area (Å²) in [6, 6.07) is 10.3. The molecule has 0 heterocycles. The average Bonchev–Trinajstić information content (AvgIpc) is 2.08. The summed E-state index contributed by atoms with van der Waals surface area (Å²) in [6.45, 7) is 0. The maximum atomic E-state index is 5.77. The van der Waals surface area contributed by atoms with E-state index in [4.69, 9.17) is 5.41 Å². The Morgan fingerprint density at radius 2 is 1.82 bits per heavy atom. The van der Waals surface area contributed by atoms with Gasteiger partial charge in [-0.15, -0.1) is 11.8 Å². The lowest BCUT2D eigenvalue weighted by molar-refractivity contribution is 1.47. The zero-order valence-electron chi connectivity index (χ0n) is 6.20. The van der Waals surface area contributed by atoms with Crippen molar-refractivity contribution in [3.63, 3.8) is 0 Å². The van der Waals surface area contributed by atoms with Gasteiger partial charge in [-0.3, -0.25) is 0 Å². The van der Waals surface area contributed by atoms with Crippen LogP contribution in [0.15, 0.2) is 35.2 Å². The van der Waals surface area contributed by atoms with Crippen LogP contribution in [0.3, 0.4) is 0 Å². The highest BCUT2D eigenvalue weighted by molar-refractivity contribution is 7.98. The largest absolute Gasteiger partial charge is 0.248 e. The van der Waals surface area contributed by atoms with E-state index >= 15 is 0 Å². The number of isothiocyanates is 1. The number of thioether (sulfide) groups is 1. The predicted octanol–water partition coefficient (Wildman–Crippen LogP) is 3.08. The highest BCUT2D eigenvalue weighted by atomic mass is 32.2. The Labute approximate surface area is 76.3 Å². The summed E-state index contributed by atoms with van der Waals surface area (Å²) >= 11 is 5.58. The smallest absolute Gasteiger partial charge is 0.0554 e. The van der Waals surface area contributed by atoms with Crippen LogP contribution in [-0.4, -0.2) is 11.4 Å². The molecular weight excluding hydrogens is 174 g/mol. The van der Waals surface area contributed by atoms with Crippen molar-refractivity contribution in [2.75, 3.05) is 6.26 Å². The summed E-state index contributed by atoms with van der Waals surface area (Å²) in [5.74, 6) is 0. The number of benzene rings is 1. The van der Waals surface area contributed by atoms with Crippen molar-refractivity contribution >= 4 is 29.1 Å². The fourth-order valence-corrected chi connectivity index (χ4v) is 0.986. The van der Waals surface area contributed by atoms with E-state index in [1.807, 2.05) is 18.2 Å². The molecule has 1 aromatic carbocycles. The van der Waals surface area contributed by atoms with E-state index in [9.17, 15) is 0 Å². The van der Waals surface area contributed by atoms with E-state index < -0.39 is 0 Å². The molecule has 0 aliphatic heterocycles. The monoisotopic (exact) mass is 183 g/mol. The summed E-state index contributed by atoms with van der Waals surface area (Å²) in [7, 11) is 0. The van der Waals surface area contributed by atoms with E-state index in [1.54, 1.807) is 16.9 Å². The number of rotatable bonds is 1. The van der Waals surface area contributed by atoms with Gasteiger partial charge in [-0.25, -0.2) is 5.41 Å². The summed E-state index contributed by atoms with van der Waals surface area (Å²) in [5.41, 5.74) is 0. The highest BCUT2D eigenvalue weighted by Crippen LogP contribution is 2.11. The Morgan fingerprint density at radius 1 is 1.36 bits per heavy atom. The molecule has 3 heteroatoms. The average molecular weight is 183 g/mol.